The smallest absolute Gasteiger partial charge is 0.266 e. The molecule has 0 radical (unpaired) electrons. The third-order valence-corrected chi connectivity index (χ3v) is 4.56. The van der Waals surface area contributed by atoms with Crippen molar-refractivity contribution in [3.63, 3.8) is 0 Å². The average Bonchev–Trinajstić information content (AvgIpc) is 2.74. The van der Waals surface area contributed by atoms with Gasteiger partial charge >= 0.3 is 0 Å². The van der Waals surface area contributed by atoms with Crippen molar-refractivity contribution >= 4 is 5.91 Å². The predicted octanol–water partition coefficient (Wildman–Crippen LogP) is 3.58. The van der Waals surface area contributed by atoms with Crippen molar-refractivity contribution in [2.24, 2.45) is 0 Å². The number of ether oxygens (including phenoxy) is 1. The van der Waals surface area contributed by atoms with Crippen LogP contribution in [0.3, 0.4) is 0 Å². The lowest BCUT2D eigenvalue weighted by Crippen LogP contribution is -2.30. The molecule has 0 bridgehead atoms. The number of carbonyl (C=O) groups is 1. The minimum Gasteiger partial charge on any atom is -0.494 e. The van der Waals surface area contributed by atoms with Crippen LogP contribution in [0.1, 0.15) is 31.9 Å². The number of aromatic nitrogens is 2. The van der Waals surface area contributed by atoms with Crippen molar-refractivity contribution < 1.29 is 9.53 Å². The second kappa shape index (κ2) is 9.68. The molecule has 3 aromatic rings. The van der Waals surface area contributed by atoms with Gasteiger partial charge in [-0.1, -0.05) is 30.3 Å². The Hall–Kier alpha value is -3.41. The second-order valence-electron chi connectivity index (χ2n) is 6.69. The zero-order valence-corrected chi connectivity index (χ0v) is 16.7. The van der Waals surface area contributed by atoms with Crippen LogP contribution in [0, 0.1) is 0 Å². The summed E-state index contributed by atoms with van der Waals surface area (Å²) >= 11 is 0. The summed E-state index contributed by atoms with van der Waals surface area (Å²) in [4.78, 5) is 24.4. The van der Waals surface area contributed by atoms with Gasteiger partial charge in [-0.2, -0.15) is 5.10 Å². The number of hydrogen-bond donors (Lipinski definition) is 1. The van der Waals surface area contributed by atoms with Crippen LogP contribution in [-0.4, -0.2) is 22.3 Å². The van der Waals surface area contributed by atoms with E-state index in [0.29, 0.717) is 12.3 Å². The van der Waals surface area contributed by atoms with Crippen molar-refractivity contribution in [1.29, 1.82) is 0 Å². The molecule has 1 amide bonds. The van der Waals surface area contributed by atoms with Gasteiger partial charge in [0.1, 0.15) is 5.75 Å². The summed E-state index contributed by atoms with van der Waals surface area (Å²) < 4.78 is 6.78. The van der Waals surface area contributed by atoms with Gasteiger partial charge in [-0.25, -0.2) is 4.68 Å². The molecule has 1 unspecified atom stereocenters. The molecule has 0 aliphatic heterocycles. The molecule has 150 valence electrons. The van der Waals surface area contributed by atoms with Gasteiger partial charge in [0.15, 0.2) is 0 Å². The minimum atomic E-state index is -0.233. The molecule has 1 N–H and O–H groups in total. The molecule has 3 rings (SSSR count). The average molecular weight is 391 g/mol. The fourth-order valence-corrected chi connectivity index (χ4v) is 3.00. The van der Waals surface area contributed by atoms with E-state index in [0.717, 1.165) is 16.9 Å². The van der Waals surface area contributed by atoms with Gasteiger partial charge in [-0.3, -0.25) is 9.59 Å². The SMILES string of the molecule is CCOc1ccc(-c2ccc(=O)n(CCC(=O)NC(C)c3ccccc3)n2)cc1. The molecule has 0 saturated carbocycles. The number of benzene rings is 2. The summed E-state index contributed by atoms with van der Waals surface area (Å²) in [5, 5.41) is 7.37. The van der Waals surface area contributed by atoms with Crippen LogP contribution < -0.4 is 15.6 Å². The zero-order chi connectivity index (χ0) is 20.6. The lowest BCUT2D eigenvalue weighted by Gasteiger charge is -2.14. The van der Waals surface area contributed by atoms with Crippen molar-refractivity contribution in [3.05, 3.63) is 82.6 Å². The summed E-state index contributed by atoms with van der Waals surface area (Å²) in [6, 6.07) is 20.4. The van der Waals surface area contributed by atoms with Gasteiger partial charge in [-0.15, -0.1) is 0 Å². The first kappa shape index (κ1) is 20.3. The number of hydrogen-bond acceptors (Lipinski definition) is 4. The lowest BCUT2D eigenvalue weighted by atomic mass is 10.1. The minimum absolute atomic E-state index is 0.0939. The lowest BCUT2D eigenvalue weighted by molar-refractivity contribution is -0.122. The molecule has 1 heterocycles. The van der Waals surface area contributed by atoms with E-state index in [1.807, 2.05) is 68.4 Å². The monoisotopic (exact) mass is 391 g/mol. The van der Waals surface area contributed by atoms with Crippen molar-refractivity contribution in [3.8, 4) is 17.0 Å². The summed E-state index contributed by atoms with van der Waals surface area (Å²) in [6.07, 6.45) is 0.177. The van der Waals surface area contributed by atoms with Crippen LogP contribution in [-0.2, 0) is 11.3 Å². The molecule has 1 aromatic heterocycles. The maximum Gasteiger partial charge on any atom is 0.266 e. The Labute approximate surface area is 170 Å². The topological polar surface area (TPSA) is 73.2 Å². The number of aryl methyl sites for hydroxylation is 1. The third kappa shape index (κ3) is 5.54. The largest absolute Gasteiger partial charge is 0.494 e. The molecule has 6 nitrogen and oxygen atoms in total. The van der Waals surface area contributed by atoms with Crippen molar-refractivity contribution in [2.45, 2.75) is 32.9 Å². The Balaban J connectivity index is 1.64. The number of carbonyl (C=O) groups excluding carboxylic acids is 1. The van der Waals surface area contributed by atoms with Crippen LogP contribution in [0.4, 0.5) is 0 Å². The van der Waals surface area contributed by atoms with E-state index in [2.05, 4.69) is 10.4 Å². The van der Waals surface area contributed by atoms with Crippen LogP contribution in [0.5, 0.6) is 5.75 Å². The van der Waals surface area contributed by atoms with Gasteiger partial charge in [0.05, 0.1) is 24.9 Å². The maximum absolute atomic E-state index is 12.3. The molecule has 0 spiro atoms. The van der Waals surface area contributed by atoms with Crippen LogP contribution in [0.2, 0.25) is 0 Å². The van der Waals surface area contributed by atoms with E-state index in [1.165, 1.54) is 10.7 Å². The first-order valence-corrected chi connectivity index (χ1v) is 9.72. The van der Waals surface area contributed by atoms with Gasteiger partial charge in [0.25, 0.3) is 5.56 Å². The summed E-state index contributed by atoms with van der Waals surface area (Å²) in [5.74, 6) is 0.662. The van der Waals surface area contributed by atoms with E-state index < -0.39 is 0 Å². The van der Waals surface area contributed by atoms with E-state index >= 15 is 0 Å². The van der Waals surface area contributed by atoms with Gasteiger partial charge in [0, 0.05) is 18.1 Å². The number of amides is 1. The van der Waals surface area contributed by atoms with Crippen LogP contribution >= 0.6 is 0 Å². The first-order chi connectivity index (χ1) is 14.1. The molecule has 0 aliphatic carbocycles. The second-order valence-corrected chi connectivity index (χ2v) is 6.69. The summed E-state index contributed by atoms with van der Waals surface area (Å²) in [5.41, 5.74) is 2.35. The summed E-state index contributed by atoms with van der Waals surface area (Å²) in [6.45, 7) is 4.69. The Morgan fingerprint density at radius 2 is 1.79 bits per heavy atom. The van der Waals surface area contributed by atoms with Crippen molar-refractivity contribution in [1.82, 2.24) is 15.1 Å². The molecule has 6 heteroatoms. The van der Waals surface area contributed by atoms with Crippen LogP contribution in [0.15, 0.2) is 71.5 Å². The van der Waals surface area contributed by atoms with Crippen LogP contribution in [0.25, 0.3) is 11.3 Å². The van der Waals surface area contributed by atoms with Gasteiger partial charge in [-0.05, 0) is 49.7 Å². The fourth-order valence-electron chi connectivity index (χ4n) is 3.00. The standard InChI is InChI=1S/C23H25N3O3/c1-3-29-20-11-9-19(10-12-20)21-13-14-23(28)26(25-21)16-15-22(27)24-17(2)18-7-5-4-6-8-18/h4-14,17H,3,15-16H2,1-2H3,(H,24,27). The van der Waals surface area contributed by atoms with E-state index in [1.54, 1.807) is 6.07 Å². The zero-order valence-electron chi connectivity index (χ0n) is 16.7. The van der Waals surface area contributed by atoms with E-state index in [-0.39, 0.29) is 30.5 Å². The number of rotatable bonds is 8. The molecule has 1 atom stereocenters. The number of nitrogens with zero attached hydrogens (tertiary/aromatic N) is 2. The van der Waals surface area contributed by atoms with Crippen molar-refractivity contribution in [2.75, 3.05) is 6.61 Å². The molecule has 2 aromatic carbocycles. The van der Waals surface area contributed by atoms with E-state index in [9.17, 15) is 9.59 Å². The maximum atomic E-state index is 12.3. The molecule has 0 aliphatic rings. The first-order valence-electron chi connectivity index (χ1n) is 9.72. The molecule has 0 saturated heterocycles. The van der Waals surface area contributed by atoms with Gasteiger partial charge in [0.2, 0.25) is 5.91 Å². The Bertz CT molecular complexity index is 998. The molecule has 0 fully saturated rings. The Morgan fingerprint density at radius 3 is 2.48 bits per heavy atom. The molecular weight excluding hydrogens is 366 g/mol. The number of nitrogens with one attached hydrogen (secondary N) is 1. The Morgan fingerprint density at radius 1 is 1.07 bits per heavy atom. The predicted molar refractivity (Wildman–Crippen MR) is 113 cm³/mol. The third-order valence-electron chi connectivity index (χ3n) is 4.56. The van der Waals surface area contributed by atoms with E-state index in [4.69, 9.17) is 4.74 Å². The highest BCUT2D eigenvalue weighted by molar-refractivity contribution is 5.76. The van der Waals surface area contributed by atoms with Gasteiger partial charge < -0.3 is 10.1 Å². The quantitative estimate of drug-likeness (QED) is 0.637. The normalized spacial score (nSPS) is 11.7. The highest BCUT2D eigenvalue weighted by Gasteiger charge is 2.10. The highest BCUT2D eigenvalue weighted by Crippen LogP contribution is 2.20. The molecule has 29 heavy (non-hydrogen) atoms. The summed E-state index contributed by atoms with van der Waals surface area (Å²) in [7, 11) is 0. The highest BCUT2D eigenvalue weighted by atomic mass is 16.5. The Kier molecular flexibility index (Phi) is 6.79. The molecular formula is C23H25N3O3. The fraction of sp³-hybridized carbons (Fsp3) is 0.261.